The van der Waals surface area contributed by atoms with E-state index in [0.717, 1.165) is 26.2 Å². The molecule has 0 saturated heterocycles. The highest BCUT2D eigenvalue weighted by Gasteiger charge is 2.73. The maximum Gasteiger partial charge on any atom is 0.426 e. The number of methoxy groups -OCH3 is 1. The summed E-state index contributed by atoms with van der Waals surface area (Å²) in [5.74, 6) is -4.51. The quantitative estimate of drug-likeness (QED) is 0.0908. The Balaban J connectivity index is 1.36. The van der Waals surface area contributed by atoms with Gasteiger partial charge in [-0.2, -0.15) is 65.9 Å². The van der Waals surface area contributed by atoms with Crippen LogP contribution in [0.5, 0.6) is 0 Å². The van der Waals surface area contributed by atoms with Crippen LogP contribution in [0, 0.1) is 35.5 Å². The maximum absolute atomic E-state index is 15.2. The molecule has 5 rings (SSSR count). The molecule has 12 unspecified atom stereocenters. The van der Waals surface area contributed by atoms with Crippen molar-refractivity contribution in [3.05, 3.63) is 34.9 Å². The van der Waals surface area contributed by atoms with Crippen LogP contribution in [0.25, 0.3) is 0 Å². The highest BCUT2D eigenvalue weighted by atomic mass is 19.4. The Morgan fingerprint density at radius 2 is 1.01 bits per heavy atom. The largest absolute Gasteiger partial charge is 0.426 e. The minimum absolute atomic E-state index is 0.0338. The van der Waals surface area contributed by atoms with Crippen LogP contribution < -0.4 is 0 Å². The lowest BCUT2D eigenvalue weighted by atomic mass is 9.78. The second-order valence-corrected chi connectivity index (χ2v) is 19.2. The van der Waals surface area contributed by atoms with Crippen molar-refractivity contribution in [2.75, 3.05) is 40.7 Å². The lowest BCUT2D eigenvalue weighted by Gasteiger charge is -2.41. The first kappa shape index (κ1) is 55.8. The molecule has 4 bridgehead atoms. The second kappa shape index (κ2) is 20.2. The fraction of sp³-hybridized carbons (Fsp3) is 0.864. The van der Waals surface area contributed by atoms with Gasteiger partial charge in [0.1, 0.15) is 20.4 Å². The molecule has 4 aliphatic carbocycles. The summed E-state index contributed by atoms with van der Waals surface area (Å²) in [5, 5.41) is 9.10. The van der Waals surface area contributed by atoms with Crippen LogP contribution in [0.2, 0.25) is 0 Å². The normalized spacial score (nSPS) is 29.3. The minimum atomic E-state index is -5.93. The molecule has 8 nitrogen and oxygen atoms in total. The standard InChI is InChI=1S/C44H59F15O8/c1-7-24(2)27-16-30(37(4,41(48,49)50)65-22-62-34-14-25-10-28(32(34)12-25)19-36(3,40(45,46)47)64-9-8-60)18-31(17-27)38(5,42(51,52)53)66-23-63-35-15-26-11-29(33(35)13-26)20-39(43(54,55)56,44(57,58)59)67-21-61-6/h16-18,24-26,28-29,32-35,60H,7-15,19-23H2,1-6H3. The van der Waals surface area contributed by atoms with E-state index in [1.807, 2.05) is 0 Å². The molecule has 12 atom stereocenters. The summed E-state index contributed by atoms with van der Waals surface area (Å²) in [4.78, 5) is 0. The van der Waals surface area contributed by atoms with Gasteiger partial charge in [0.05, 0.1) is 25.4 Å². The molecular formula is C44H59F15O8. The first-order chi connectivity index (χ1) is 30.7. The van der Waals surface area contributed by atoms with E-state index < -0.39 is 159 Å². The number of hydrogen-bond acceptors (Lipinski definition) is 8. The van der Waals surface area contributed by atoms with Gasteiger partial charge in [0, 0.05) is 7.11 Å². The van der Waals surface area contributed by atoms with E-state index in [0.29, 0.717) is 39.2 Å². The molecule has 0 aromatic heterocycles. The number of alkyl halides is 15. The summed E-state index contributed by atoms with van der Waals surface area (Å²) < 4.78 is 255. The van der Waals surface area contributed by atoms with E-state index in [1.54, 1.807) is 13.8 Å². The third-order valence-corrected chi connectivity index (χ3v) is 15.0. The SMILES string of the molecule is CCC(C)c1cc(C(C)(OCOC2CC3CC(CC(C)(OCCO)C(F)(F)F)C2C3)C(F)(F)F)cc(C(C)(OCOC2CC3CC(CC(OCOC)(C(F)(F)F)C(F)(F)F)C2C3)C(F)(F)F)c1. The Morgan fingerprint density at radius 1 is 0.567 bits per heavy atom. The average molecular weight is 1000 g/mol. The fourth-order valence-electron chi connectivity index (χ4n) is 10.7. The number of halogens is 15. The molecule has 0 spiro atoms. The monoisotopic (exact) mass is 1000 g/mol. The van der Waals surface area contributed by atoms with E-state index >= 15 is 26.3 Å². The first-order valence-electron chi connectivity index (χ1n) is 22.1. The number of rotatable bonds is 22. The van der Waals surface area contributed by atoms with Crippen LogP contribution in [-0.4, -0.2) is 100 Å². The maximum atomic E-state index is 15.2. The molecule has 388 valence electrons. The second-order valence-electron chi connectivity index (χ2n) is 19.2. The van der Waals surface area contributed by atoms with Gasteiger partial charge in [-0.05, 0) is 143 Å². The molecule has 4 fully saturated rings. The Hall–Kier alpha value is -2.15. The van der Waals surface area contributed by atoms with Gasteiger partial charge in [-0.25, -0.2) is 0 Å². The number of benzene rings is 1. The number of aliphatic hydroxyl groups is 1. The highest BCUT2D eigenvalue weighted by Crippen LogP contribution is 2.58. The molecule has 0 radical (unpaired) electrons. The van der Waals surface area contributed by atoms with Gasteiger partial charge in [0.15, 0.2) is 16.8 Å². The zero-order valence-corrected chi connectivity index (χ0v) is 37.8. The van der Waals surface area contributed by atoms with E-state index in [-0.39, 0.29) is 37.2 Å². The third kappa shape index (κ3) is 11.3. The molecule has 0 amide bonds. The molecule has 1 aromatic carbocycles. The lowest BCUT2D eigenvalue weighted by Crippen LogP contribution is -2.60. The topological polar surface area (TPSA) is 84.8 Å². The van der Waals surface area contributed by atoms with Crippen molar-refractivity contribution in [2.45, 2.75) is 164 Å². The van der Waals surface area contributed by atoms with Gasteiger partial charge < -0.3 is 38.3 Å². The predicted molar refractivity (Wildman–Crippen MR) is 207 cm³/mol. The van der Waals surface area contributed by atoms with Crippen LogP contribution >= 0.6 is 0 Å². The molecule has 0 aliphatic heterocycles. The summed E-state index contributed by atoms with van der Waals surface area (Å²) in [6.07, 6.45) is -29.8. The van der Waals surface area contributed by atoms with Crippen molar-refractivity contribution in [1.82, 2.24) is 0 Å². The number of aliphatic hydroxyl groups excluding tert-OH is 1. The van der Waals surface area contributed by atoms with Gasteiger partial charge in [0.25, 0.3) is 5.60 Å². The lowest BCUT2D eigenvalue weighted by molar-refractivity contribution is -0.397. The van der Waals surface area contributed by atoms with E-state index in [1.165, 1.54) is 0 Å². The Labute approximate surface area is 378 Å². The Kier molecular flexibility index (Phi) is 16.8. The predicted octanol–water partition coefficient (Wildman–Crippen LogP) is 12.2. The van der Waals surface area contributed by atoms with Crippen LogP contribution in [0.4, 0.5) is 65.9 Å². The van der Waals surface area contributed by atoms with Gasteiger partial charge in [-0.3, -0.25) is 0 Å². The van der Waals surface area contributed by atoms with Crippen LogP contribution in [0.3, 0.4) is 0 Å². The Bertz CT molecular complexity index is 1770. The fourth-order valence-corrected chi connectivity index (χ4v) is 10.7. The van der Waals surface area contributed by atoms with Gasteiger partial charge in [-0.1, -0.05) is 26.0 Å². The summed E-state index contributed by atoms with van der Waals surface area (Å²) in [6, 6.07) is 2.69. The van der Waals surface area contributed by atoms with Crippen molar-refractivity contribution in [1.29, 1.82) is 0 Å². The molecule has 1 aromatic rings. The Morgan fingerprint density at radius 3 is 1.37 bits per heavy atom. The van der Waals surface area contributed by atoms with Crippen molar-refractivity contribution in [3.8, 4) is 0 Å². The summed E-state index contributed by atoms with van der Waals surface area (Å²) in [5.41, 5.74) is -15.5. The zero-order valence-electron chi connectivity index (χ0n) is 37.8. The van der Waals surface area contributed by atoms with Gasteiger partial charge in [-0.15, -0.1) is 0 Å². The van der Waals surface area contributed by atoms with Crippen LogP contribution in [0.1, 0.15) is 115 Å². The zero-order chi connectivity index (χ0) is 50.4. The van der Waals surface area contributed by atoms with Crippen molar-refractivity contribution in [2.24, 2.45) is 35.5 Å². The van der Waals surface area contributed by atoms with E-state index in [9.17, 15) is 39.5 Å². The molecule has 67 heavy (non-hydrogen) atoms. The van der Waals surface area contributed by atoms with E-state index in [2.05, 4.69) is 9.47 Å². The van der Waals surface area contributed by atoms with Crippen LogP contribution in [-0.2, 0) is 44.4 Å². The van der Waals surface area contributed by atoms with Crippen molar-refractivity contribution in [3.63, 3.8) is 0 Å². The van der Waals surface area contributed by atoms with Crippen LogP contribution in [0.15, 0.2) is 18.2 Å². The van der Waals surface area contributed by atoms with Gasteiger partial charge in [0.2, 0.25) is 0 Å². The number of ether oxygens (including phenoxy) is 7. The molecular weight excluding hydrogens is 941 g/mol. The number of fused-ring (bicyclic) bond motifs is 4. The molecule has 0 heterocycles. The third-order valence-electron chi connectivity index (χ3n) is 15.0. The highest BCUT2D eigenvalue weighted by molar-refractivity contribution is 5.39. The minimum Gasteiger partial charge on any atom is -0.394 e. The smallest absolute Gasteiger partial charge is 0.394 e. The van der Waals surface area contributed by atoms with E-state index in [4.69, 9.17) is 28.8 Å². The first-order valence-corrected chi connectivity index (χ1v) is 22.1. The van der Waals surface area contributed by atoms with Gasteiger partial charge >= 0.3 is 30.9 Å². The van der Waals surface area contributed by atoms with Crippen molar-refractivity contribution < 1.29 is 104 Å². The van der Waals surface area contributed by atoms with Crippen molar-refractivity contribution >= 4 is 0 Å². The molecule has 23 heteroatoms. The molecule has 4 aliphatic rings. The number of hydrogen-bond donors (Lipinski definition) is 1. The average Bonchev–Trinajstić information content (AvgIpc) is 4.00. The molecule has 1 N–H and O–H groups in total. The summed E-state index contributed by atoms with van der Waals surface area (Å²) >= 11 is 0. The summed E-state index contributed by atoms with van der Waals surface area (Å²) in [6.45, 7) is 0.394. The summed E-state index contributed by atoms with van der Waals surface area (Å²) in [7, 11) is 0.841. The molecule has 4 saturated carbocycles.